The number of ether oxygens (including phenoxy) is 3. The van der Waals surface area contributed by atoms with Gasteiger partial charge in [-0.15, -0.1) is 0 Å². The van der Waals surface area contributed by atoms with Crippen molar-refractivity contribution in [3.8, 4) is 11.5 Å². The summed E-state index contributed by atoms with van der Waals surface area (Å²) in [4.78, 5) is 25.6. The number of carbonyl (C=O) groups excluding carboxylic acids is 2. The van der Waals surface area contributed by atoms with Crippen molar-refractivity contribution in [2.24, 2.45) is 0 Å². The van der Waals surface area contributed by atoms with Gasteiger partial charge >= 0.3 is 12.0 Å². The summed E-state index contributed by atoms with van der Waals surface area (Å²) in [5, 5.41) is 5.60. The van der Waals surface area contributed by atoms with Gasteiger partial charge in [0.05, 0.1) is 18.7 Å². The summed E-state index contributed by atoms with van der Waals surface area (Å²) >= 11 is 0. The summed E-state index contributed by atoms with van der Waals surface area (Å²) in [6, 6.07) is 14.3. The first-order valence-corrected chi connectivity index (χ1v) is 12.4. The molecule has 0 spiro atoms. The van der Waals surface area contributed by atoms with E-state index in [9.17, 15) is 9.59 Å². The highest BCUT2D eigenvalue weighted by atomic mass is 16.5. The molecule has 0 radical (unpaired) electrons. The predicted molar refractivity (Wildman–Crippen MR) is 133 cm³/mol. The maximum Gasteiger partial charge on any atom is 0.338 e. The van der Waals surface area contributed by atoms with Crippen LogP contribution < -0.4 is 20.1 Å². The lowest BCUT2D eigenvalue weighted by molar-refractivity contribution is -0.145. The monoisotopic (exact) mass is 478 g/mol. The maximum absolute atomic E-state index is 13.3. The first-order valence-electron chi connectivity index (χ1n) is 12.4. The number of benzene rings is 2. The molecule has 0 saturated heterocycles. The van der Waals surface area contributed by atoms with Crippen molar-refractivity contribution in [1.29, 1.82) is 0 Å². The Balaban J connectivity index is 1.54. The lowest BCUT2D eigenvalue weighted by Gasteiger charge is -2.30. The fourth-order valence-corrected chi connectivity index (χ4v) is 4.68. The van der Waals surface area contributed by atoms with E-state index >= 15 is 0 Å². The minimum Gasteiger partial charge on any atom is -0.493 e. The fourth-order valence-electron chi connectivity index (χ4n) is 4.68. The van der Waals surface area contributed by atoms with E-state index in [0.29, 0.717) is 34.9 Å². The number of amides is 2. The van der Waals surface area contributed by atoms with Gasteiger partial charge in [0.2, 0.25) is 0 Å². The van der Waals surface area contributed by atoms with Crippen molar-refractivity contribution < 1.29 is 23.8 Å². The maximum atomic E-state index is 13.3. The molecule has 2 aliphatic rings. The molecule has 0 aromatic heterocycles. The van der Waals surface area contributed by atoms with E-state index in [0.717, 1.165) is 31.2 Å². The van der Waals surface area contributed by atoms with Crippen molar-refractivity contribution in [1.82, 2.24) is 10.6 Å². The normalized spacial score (nSPS) is 19.1. The Morgan fingerprint density at radius 1 is 0.971 bits per heavy atom. The molecular weight excluding hydrogens is 444 g/mol. The van der Waals surface area contributed by atoms with Crippen LogP contribution in [0.4, 0.5) is 4.79 Å². The standard InChI is InChI=1S/C28H34N2O5/c1-19-25(27(31)35-22-13-9-4-3-5-10-14-22)26(30-28(32)29-19)21-15-16-23(24(17-21)33-2)34-18-20-11-7-6-8-12-20/h6-8,11-12,15-17,22,26H,3-5,9-10,13-14,18H2,1-2H3,(H2,29,30,32)/t26-/m1/s1. The number of urea groups is 1. The van der Waals surface area contributed by atoms with Gasteiger partial charge in [-0.25, -0.2) is 9.59 Å². The molecule has 2 aromatic carbocycles. The van der Waals surface area contributed by atoms with Gasteiger partial charge in [0.25, 0.3) is 0 Å². The summed E-state index contributed by atoms with van der Waals surface area (Å²) in [6.07, 6.45) is 7.39. The molecule has 1 aliphatic heterocycles. The van der Waals surface area contributed by atoms with Gasteiger partial charge in [-0.1, -0.05) is 55.7 Å². The molecule has 2 N–H and O–H groups in total. The highest BCUT2D eigenvalue weighted by molar-refractivity contribution is 5.95. The minimum absolute atomic E-state index is 0.0929. The van der Waals surface area contributed by atoms with Crippen molar-refractivity contribution in [3.63, 3.8) is 0 Å². The fraction of sp³-hybridized carbons (Fsp3) is 0.429. The predicted octanol–water partition coefficient (Wildman–Crippen LogP) is 5.56. The second-order valence-corrected chi connectivity index (χ2v) is 9.13. The number of hydrogen-bond acceptors (Lipinski definition) is 5. The molecule has 0 bridgehead atoms. The van der Waals surface area contributed by atoms with Gasteiger partial charge in [-0.2, -0.15) is 0 Å². The summed E-state index contributed by atoms with van der Waals surface area (Å²) in [7, 11) is 1.57. The first kappa shape index (κ1) is 24.6. The molecule has 4 rings (SSSR count). The second-order valence-electron chi connectivity index (χ2n) is 9.13. The average molecular weight is 479 g/mol. The molecular formula is C28H34N2O5. The topological polar surface area (TPSA) is 85.9 Å². The van der Waals surface area contributed by atoms with Gasteiger partial charge in [-0.3, -0.25) is 0 Å². The Morgan fingerprint density at radius 2 is 1.69 bits per heavy atom. The Morgan fingerprint density at radius 3 is 2.40 bits per heavy atom. The van der Waals surface area contributed by atoms with Crippen LogP contribution in [0.25, 0.3) is 0 Å². The number of allylic oxidation sites excluding steroid dienone is 1. The lowest BCUT2D eigenvalue weighted by Crippen LogP contribution is -2.45. The Hall–Kier alpha value is -3.48. The molecule has 2 amide bonds. The summed E-state index contributed by atoms with van der Waals surface area (Å²) < 4.78 is 17.5. The second kappa shape index (κ2) is 11.8. The van der Waals surface area contributed by atoms with Crippen LogP contribution in [0.2, 0.25) is 0 Å². The average Bonchev–Trinajstić information content (AvgIpc) is 2.84. The Bertz CT molecular complexity index is 1060. The molecule has 7 heteroatoms. The highest BCUT2D eigenvalue weighted by Crippen LogP contribution is 2.35. The third kappa shape index (κ3) is 6.35. The lowest BCUT2D eigenvalue weighted by atomic mass is 9.94. The molecule has 1 fully saturated rings. The van der Waals surface area contributed by atoms with E-state index in [1.54, 1.807) is 26.2 Å². The molecule has 2 aromatic rings. The van der Waals surface area contributed by atoms with Crippen molar-refractivity contribution in [2.45, 2.75) is 70.6 Å². The van der Waals surface area contributed by atoms with Crippen LogP contribution in [-0.4, -0.2) is 25.2 Å². The molecule has 7 nitrogen and oxygen atoms in total. The smallest absolute Gasteiger partial charge is 0.338 e. The van der Waals surface area contributed by atoms with E-state index in [1.165, 1.54) is 19.3 Å². The van der Waals surface area contributed by atoms with E-state index in [-0.39, 0.29) is 12.1 Å². The Labute approximate surface area is 206 Å². The number of hydrogen-bond donors (Lipinski definition) is 2. The summed E-state index contributed by atoms with van der Waals surface area (Å²) in [6.45, 7) is 2.13. The molecule has 1 aliphatic carbocycles. The van der Waals surface area contributed by atoms with Crippen molar-refractivity contribution >= 4 is 12.0 Å². The number of carbonyl (C=O) groups is 2. The van der Waals surface area contributed by atoms with Gasteiger partial charge in [-0.05, 0) is 55.9 Å². The van der Waals surface area contributed by atoms with Gasteiger partial charge in [0, 0.05) is 5.70 Å². The van der Waals surface area contributed by atoms with Crippen molar-refractivity contribution in [2.75, 3.05) is 7.11 Å². The number of esters is 1. The van der Waals surface area contributed by atoms with Crippen LogP contribution in [0.1, 0.15) is 69.0 Å². The van der Waals surface area contributed by atoms with Gasteiger partial charge in [0.15, 0.2) is 11.5 Å². The minimum atomic E-state index is -0.651. The van der Waals surface area contributed by atoms with Crippen LogP contribution in [0.3, 0.4) is 0 Å². The molecule has 186 valence electrons. The van der Waals surface area contributed by atoms with Crippen LogP contribution in [0.5, 0.6) is 11.5 Å². The zero-order valence-corrected chi connectivity index (χ0v) is 20.5. The van der Waals surface area contributed by atoms with E-state index < -0.39 is 12.0 Å². The van der Waals surface area contributed by atoms with Crippen LogP contribution >= 0.6 is 0 Å². The van der Waals surface area contributed by atoms with E-state index in [2.05, 4.69) is 10.6 Å². The van der Waals surface area contributed by atoms with Crippen LogP contribution in [0.15, 0.2) is 59.8 Å². The number of methoxy groups -OCH3 is 1. The Kier molecular flexibility index (Phi) is 8.29. The highest BCUT2D eigenvalue weighted by Gasteiger charge is 2.34. The van der Waals surface area contributed by atoms with E-state index in [4.69, 9.17) is 14.2 Å². The number of nitrogens with one attached hydrogen (secondary N) is 2. The summed E-state index contributed by atoms with van der Waals surface area (Å²) in [5.74, 6) is 0.713. The quantitative estimate of drug-likeness (QED) is 0.509. The van der Waals surface area contributed by atoms with Crippen molar-refractivity contribution in [3.05, 3.63) is 70.9 Å². The van der Waals surface area contributed by atoms with Gasteiger partial charge in [0.1, 0.15) is 12.7 Å². The largest absolute Gasteiger partial charge is 0.493 e. The SMILES string of the molecule is COc1cc([C@H]2NC(=O)NC(C)=C2C(=O)OC2CCCCCCC2)ccc1OCc1ccccc1. The molecule has 1 atom stereocenters. The van der Waals surface area contributed by atoms with E-state index in [1.807, 2.05) is 36.4 Å². The zero-order chi connectivity index (χ0) is 24.6. The third-order valence-corrected chi connectivity index (χ3v) is 6.57. The molecule has 35 heavy (non-hydrogen) atoms. The third-order valence-electron chi connectivity index (χ3n) is 6.57. The first-order chi connectivity index (χ1) is 17.0. The molecule has 1 saturated carbocycles. The van der Waals surface area contributed by atoms with Crippen LogP contribution in [-0.2, 0) is 16.1 Å². The van der Waals surface area contributed by atoms with Gasteiger partial charge < -0.3 is 24.8 Å². The summed E-state index contributed by atoms with van der Waals surface area (Å²) in [5.41, 5.74) is 2.67. The molecule has 0 unspecified atom stereocenters. The number of rotatable bonds is 7. The zero-order valence-electron chi connectivity index (χ0n) is 20.5. The molecule has 1 heterocycles. The van der Waals surface area contributed by atoms with Crippen LogP contribution in [0, 0.1) is 0 Å².